The summed E-state index contributed by atoms with van der Waals surface area (Å²) >= 11 is 0. The Hall–Kier alpha value is -1.86. The van der Waals surface area contributed by atoms with Gasteiger partial charge in [0.25, 0.3) is 11.8 Å². The zero-order chi connectivity index (χ0) is 9.42. The Labute approximate surface area is 75.3 Å². The Morgan fingerprint density at radius 1 is 1.08 bits per heavy atom. The zero-order valence-electron chi connectivity index (χ0n) is 7.07. The van der Waals surface area contributed by atoms with Crippen LogP contribution in [-0.2, 0) is 9.59 Å². The van der Waals surface area contributed by atoms with E-state index < -0.39 is 0 Å². The minimum Gasteiger partial charge on any atom is -0.277 e. The van der Waals surface area contributed by atoms with Crippen LogP contribution in [0, 0.1) is 0 Å². The molecule has 0 spiro atoms. The van der Waals surface area contributed by atoms with E-state index in [-0.39, 0.29) is 11.8 Å². The molecule has 1 aliphatic carbocycles. The lowest BCUT2D eigenvalue weighted by Gasteiger charge is -2.01. The summed E-state index contributed by atoms with van der Waals surface area (Å²) in [5.74, 6) is -0.491. The molecular weight excluding hydrogens is 166 g/mol. The lowest BCUT2D eigenvalue weighted by Crippen LogP contribution is -2.24. The van der Waals surface area contributed by atoms with Gasteiger partial charge in [0.15, 0.2) is 0 Å². The SMILES string of the molecule is CN1C(=O)C2=CC=C=CC=C2C1=O. The maximum atomic E-state index is 11.4. The number of carbonyl (C=O) groups is 2. The van der Waals surface area contributed by atoms with Gasteiger partial charge in [-0.2, -0.15) is 0 Å². The summed E-state index contributed by atoms with van der Waals surface area (Å²) in [5, 5.41) is 0. The molecule has 0 bridgehead atoms. The second kappa shape index (κ2) is 2.57. The van der Waals surface area contributed by atoms with Crippen molar-refractivity contribution in [1.29, 1.82) is 0 Å². The number of amides is 2. The highest BCUT2D eigenvalue weighted by Crippen LogP contribution is 2.24. The number of imide groups is 1. The van der Waals surface area contributed by atoms with Gasteiger partial charge >= 0.3 is 0 Å². The monoisotopic (exact) mass is 173 g/mol. The number of hydrogen-bond donors (Lipinski definition) is 0. The standard InChI is InChI=1S/C10H7NO2/c1-11-9(12)7-5-3-2-4-6-8(7)10(11)13/h3-6H,1H3. The lowest BCUT2D eigenvalue weighted by atomic mass is 10.1. The summed E-state index contributed by atoms with van der Waals surface area (Å²) < 4.78 is 0. The van der Waals surface area contributed by atoms with Gasteiger partial charge in [0.1, 0.15) is 0 Å². The van der Waals surface area contributed by atoms with E-state index in [1.54, 1.807) is 24.3 Å². The van der Waals surface area contributed by atoms with Gasteiger partial charge < -0.3 is 0 Å². The van der Waals surface area contributed by atoms with E-state index in [9.17, 15) is 9.59 Å². The molecule has 64 valence electrons. The quantitative estimate of drug-likeness (QED) is 0.396. The van der Waals surface area contributed by atoms with Crippen LogP contribution in [0.4, 0.5) is 0 Å². The third-order valence-electron chi connectivity index (χ3n) is 2.05. The summed E-state index contributed by atoms with van der Waals surface area (Å²) in [7, 11) is 1.48. The molecular formula is C10H7NO2. The van der Waals surface area contributed by atoms with Crippen LogP contribution in [0.2, 0.25) is 0 Å². The number of rotatable bonds is 0. The first kappa shape index (κ1) is 7.77. The van der Waals surface area contributed by atoms with Gasteiger partial charge in [-0.3, -0.25) is 14.5 Å². The molecule has 3 nitrogen and oxygen atoms in total. The van der Waals surface area contributed by atoms with Gasteiger partial charge in [-0.1, -0.05) is 0 Å². The smallest absolute Gasteiger partial charge is 0.261 e. The van der Waals surface area contributed by atoms with Crippen LogP contribution in [0.3, 0.4) is 0 Å². The Bertz CT molecular complexity index is 384. The molecule has 0 atom stereocenters. The second-order valence-corrected chi connectivity index (χ2v) is 2.83. The maximum absolute atomic E-state index is 11.4. The number of hydrogen-bond acceptors (Lipinski definition) is 2. The molecule has 0 N–H and O–H groups in total. The highest BCUT2D eigenvalue weighted by Gasteiger charge is 2.35. The topological polar surface area (TPSA) is 37.4 Å². The van der Waals surface area contributed by atoms with Crippen LogP contribution < -0.4 is 0 Å². The molecule has 0 aromatic carbocycles. The fraction of sp³-hybridized carbons (Fsp3) is 0.100. The molecule has 3 heteroatoms. The molecule has 2 amide bonds. The molecule has 0 saturated carbocycles. The molecule has 1 saturated heterocycles. The molecule has 0 unspecified atom stereocenters. The first-order valence-electron chi connectivity index (χ1n) is 3.87. The number of likely N-dealkylation sites (tertiary alicyclic amines) is 1. The lowest BCUT2D eigenvalue weighted by molar-refractivity contribution is -0.134. The van der Waals surface area contributed by atoms with Crippen molar-refractivity contribution in [3.63, 3.8) is 0 Å². The second-order valence-electron chi connectivity index (χ2n) is 2.83. The number of fused-ring (bicyclic) bond motifs is 1. The van der Waals surface area contributed by atoms with Gasteiger partial charge in [-0.25, -0.2) is 0 Å². The maximum Gasteiger partial charge on any atom is 0.261 e. The largest absolute Gasteiger partial charge is 0.277 e. The molecule has 13 heavy (non-hydrogen) atoms. The molecule has 1 aliphatic heterocycles. The summed E-state index contributed by atoms with van der Waals surface area (Å²) in [4.78, 5) is 24.0. The third-order valence-corrected chi connectivity index (χ3v) is 2.05. The minimum atomic E-state index is -0.246. The summed E-state index contributed by atoms with van der Waals surface area (Å²) in [6, 6.07) is 0. The van der Waals surface area contributed by atoms with Gasteiger partial charge in [0.05, 0.1) is 11.1 Å². The van der Waals surface area contributed by atoms with E-state index in [2.05, 4.69) is 5.73 Å². The van der Waals surface area contributed by atoms with Crippen LogP contribution in [0.5, 0.6) is 0 Å². The van der Waals surface area contributed by atoms with Crippen molar-refractivity contribution in [2.45, 2.75) is 0 Å². The highest BCUT2D eigenvalue weighted by molar-refractivity contribution is 6.24. The van der Waals surface area contributed by atoms with Gasteiger partial charge in [0.2, 0.25) is 0 Å². The van der Waals surface area contributed by atoms with Crippen molar-refractivity contribution in [3.05, 3.63) is 41.2 Å². The molecule has 1 heterocycles. The van der Waals surface area contributed by atoms with E-state index in [0.717, 1.165) is 4.90 Å². The fourth-order valence-corrected chi connectivity index (χ4v) is 1.32. The van der Waals surface area contributed by atoms with Crippen molar-refractivity contribution >= 4 is 11.8 Å². The summed E-state index contributed by atoms with van der Waals surface area (Å²) in [6.07, 6.45) is 6.48. The molecule has 2 aliphatic rings. The zero-order valence-corrected chi connectivity index (χ0v) is 7.07. The van der Waals surface area contributed by atoms with Crippen LogP contribution in [0.1, 0.15) is 0 Å². The number of carbonyl (C=O) groups excluding carboxylic acids is 2. The Morgan fingerprint density at radius 3 is 2.00 bits per heavy atom. The average Bonchev–Trinajstić information content (AvgIpc) is 2.40. The van der Waals surface area contributed by atoms with E-state index in [1.165, 1.54) is 7.05 Å². The minimum absolute atomic E-state index is 0.246. The fourth-order valence-electron chi connectivity index (χ4n) is 1.32. The highest BCUT2D eigenvalue weighted by atomic mass is 16.2. The molecule has 2 rings (SSSR count). The van der Waals surface area contributed by atoms with Crippen LogP contribution in [0.15, 0.2) is 41.2 Å². The first-order chi connectivity index (χ1) is 6.22. The van der Waals surface area contributed by atoms with Crippen molar-refractivity contribution < 1.29 is 9.59 Å². The predicted molar refractivity (Wildman–Crippen MR) is 46.6 cm³/mol. The van der Waals surface area contributed by atoms with Crippen molar-refractivity contribution in [2.24, 2.45) is 0 Å². The Balaban J connectivity index is 2.60. The predicted octanol–water partition coefficient (Wildman–Crippen LogP) is 0.563. The van der Waals surface area contributed by atoms with Crippen LogP contribution in [-0.4, -0.2) is 23.8 Å². The Morgan fingerprint density at radius 2 is 1.54 bits per heavy atom. The van der Waals surface area contributed by atoms with Crippen molar-refractivity contribution in [2.75, 3.05) is 7.05 Å². The normalized spacial score (nSPS) is 19.9. The van der Waals surface area contributed by atoms with E-state index in [4.69, 9.17) is 0 Å². The molecule has 0 radical (unpaired) electrons. The molecule has 0 aromatic heterocycles. The van der Waals surface area contributed by atoms with E-state index >= 15 is 0 Å². The van der Waals surface area contributed by atoms with E-state index in [1.807, 2.05) is 0 Å². The summed E-state index contributed by atoms with van der Waals surface area (Å²) in [5.41, 5.74) is 3.71. The summed E-state index contributed by atoms with van der Waals surface area (Å²) in [6.45, 7) is 0. The number of allylic oxidation sites excluding steroid dienone is 3. The Kier molecular flexibility index (Phi) is 1.54. The molecule has 0 aromatic rings. The van der Waals surface area contributed by atoms with Crippen molar-refractivity contribution in [3.8, 4) is 0 Å². The van der Waals surface area contributed by atoms with Gasteiger partial charge in [0, 0.05) is 7.05 Å². The van der Waals surface area contributed by atoms with Crippen LogP contribution >= 0.6 is 0 Å². The average molecular weight is 173 g/mol. The van der Waals surface area contributed by atoms with Gasteiger partial charge in [-0.05, 0) is 24.3 Å². The number of nitrogens with zero attached hydrogens (tertiary/aromatic N) is 1. The van der Waals surface area contributed by atoms with E-state index in [0.29, 0.717) is 11.1 Å². The van der Waals surface area contributed by atoms with Gasteiger partial charge in [-0.15, -0.1) is 5.73 Å². The first-order valence-corrected chi connectivity index (χ1v) is 3.87. The molecule has 1 fully saturated rings. The van der Waals surface area contributed by atoms with Crippen molar-refractivity contribution in [1.82, 2.24) is 4.90 Å². The van der Waals surface area contributed by atoms with Crippen LogP contribution in [0.25, 0.3) is 0 Å². The third kappa shape index (κ3) is 0.983. The number of likely N-dealkylation sites (N-methyl/N-ethyl adjacent to an activating group) is 1.